The maximum Gasteiger partial charge on any atom is 0.397 e. The van der Waals surface area contributed by atoms with Crippen LogP contribution in [-0.4, -0.2) is 88.0 Å². The highest BCUT2D eigenvalue weighted by molar-refractivity contribution is 7.80. The number of benzene rings is 1. The minimum atomic E-state index is -5.00. The van der Waals surface area contributed by atoms with Gasteiger partial charge in [0.25, 0.3) is 0 Å². The Morgan fingerprint density at radius 3 is 2.32 bits per heavy atom. The first-order chi connectivity index (χ1) is 14.6. The molecule has 176 valence electrons. The first-order valence-corrected chi connectivity index (χ1v) is 11.3. The largest absolute Gasteiger partial charge is 0.397 e. The molecule has 1 aromatic rings. The van der Waals surface area contributed by atoms with Gasteiger partial charge in [-0.3, -0.25) is 4.55 Å². The van der Waals surface area contributed by atoms with Crippen LogP contribution in [0.5, 0.6) is 0 Å². The third-order valence-corrected chi connectivity index (χ3v) is 6.32. The number of aliphatic hydroxyl groups is 5. The zero-order chi connectivity index (χ0) is 22.8. The van der Waals surface area contributed by atoms with Gasteiger partial charge in [0.2, 0.25) is 0 Å². The minimum absolute atomic E-state index is 0.0337. The van der Waals surface area contributed by atoms with Crippen LogP contribution in [0.3, 0.4) is 0 Å². The van der Waals surface area contributed by atoms with Crippen molar-refractivity contribution in [3.05, 3.63) is 35.9 Å². The molecule has 12 heteroatoms. The maximum atomic E-state index is 11.3. The van der Waals surface area contributed by atoms with Crippen LogP contribution in [0.2, 0.25) is 0 Å². The van der Waals surface area contributed by atoms with Crippen molar-refractivity contribution in [2.24, 2.45) is 11.8 Å². The second-order valence-corrected chi connectivity index (χ2v) is 8.99. The summed E-state index contributed by atoms with van der Waals surface area (Å²) in [4.78, 5) is 0. The molecule has 1 aliphatic carbocycles. The van der Waals surface area contributed by atoms with Crippen molar-refractivity contribution < 1.29 is 52.2 Å². The SMILES string of the molecule is O=S(=O)(O)O[C@@H]1[C@H](O)[C@@H](O)[C@H](OCc2ccccc2)O[C@@H]1CC1C[C@@H](O)[C@H](O)[C@H]1CO. The summed E-state index contributed by atoms with van der Waals surface area (Å²) in [6, 6.07) is 8.95. The second kappa shape index (κ2) is 10.2. The lowest BCUT2D eigenvalue weighted by atomic mass is 9.86. The third-order valence-electron chi connectivity index (χ3n) is 5.86. The van der Waals surface area contributed by atoms with Gasteiger partial charge < -0.3 is 35.0 Å². The molecule has 11 nitrogen and oxygen atoms in total. The molecule has 3 rings (SSSR count). The number of rotatable bonds is 8. The van der Waals surface area contributed by atoms with Gasteiger partial charge in [0, 0.05) is 12.5 Å². The van der Waals surface area contributed by atoms with Crippen molar-refractivity contribution in [1.29, 1.82) is 0 Å². The molecule has 1 saturated heterocycles. The van der Waals surface area contributed by atoms with Crippen molar-refractivity contribution in [3.8, 4) is 0 Å². The van der Waals surface area contributed by atoms with Crippen molar-refractivity contribution in [3.63, 3.8) is 0 Å². The Labute approximate surface area is 179 Å². The lowest BCUT2D eigenvalue weighted by Gasteiger charge is -2.42. The molecule has 0 amide bonds. The van der Waals surface area contributed by atoms with Crippen LogP contribution in [0, 0.1) is 11.8 Å². The van der Waals surface area contributed by atoms with Gasteiger partial charge in [-0.15, -0.1) is 0 Å². The van der Waals surface area contributed by atoms with Crippen LogP contribution in [0.1, 0.15) is 18.4 Å². The summed E-state index contributed by atoms with van der Waals surface area (Å²) in [7, 11) is -5.00. The van der Waals surface area contributed by atoms with Gasteiger partial charge in [-0.1, -0.05) is 30.3 Å². The highest BCUT2D eigenvalue weighted by atomic mass is 32.3. The van der Waals surface area contributed by atoms with E-state index in [1.54, 1.807) is 24.3 Å². The van der Waals surface area contributed by atoms with Crippen LogP contribution in [0.4, 0.5) is 0 Å². The Hall–Kier alpha value is -1.19. The molecule has 1 unspecified atom stereocenters. The third kappa shape index (κ3) is 5.99. The van der Waals surface area contributed by atoms with Gasteiger partial charge in [-0.05, 0) is 24.3 Å². The number of aliphatic hydroxyl groups excluding tert-OH is 5. The van der Waals surface area contributed by atoms with Gasteiger partial charge in [0.15, 0.2) is 6.29 Å². The van der Waals surface area contributed by atoms with Gasteiger partial charge in [-0.25, -0.2) is 4.18 Å². The van der Waals surface area contributed by atoms with E-state index < -0.39 is 71.8 Å². The average Bonchev–Trinajstić information content (AvgIpc) is 2.99. The fourth-order valence-corrected chi connectivity index (χ4v) is 4.78. The zero-order valence-corrected chi connectivity index (χ0v) is 17.4. The van der Waals surface area contributed by atoms with E-state index >= 15 is 0 Å². The van der Waals surface area contributed by atoms with E-state index in [0.717, 1.165) is 5.56 Å². The van der Waals surface area contributed by atoms with Crippen molar-refractivity contribution >= 4 is 10.4 Å². The van der Waals surface area contributed by atoms with E-state index in [9.17, 15) is 34.0 Å². The number of hydrogen-bond acceptors (Lipinski definition) is 10. The van der Waals surface area contributed by atoms with Gasteiger partial charge in [-0.2, -0.15) is 8.42 Å². The van der Waals surface area contributed by atoms with E-state index in [1.807, 2.05) is 6.07 Å². The molecule has 0 spiro atoms. The van der Waals surface area contributed by atoms with Crippen molar-refractivity contribution in [1.82, 2.24) is 0 Å². The molecule has 6 N–H and O–H groups in total. The van der Waals surface area contributed by atoms with Crippen LogP contribution in [-0.2, 0) is 30.7 Å². The average molecular weight is 464 g/mol. The minimum Gasteiger partial charge on any atom is -0.396 e. The molecule has 1 aromatic carbocycles. The molecular weight excluding hydrogens is 436 g/mol. The molecular formula is C19H28O11S. The van der Waals surface area contributed by atoms with Gasteiger partial charge in [0.05, 0.1) is 24.9 Å². The van der Waals surface area contributed by atoms with Gasteiger partial charge >= 0.3 is 10.4 Å². The summed E-state index contributed by atoms with van der Waals surface area (Å²) < 4.78 is 47.5. The van der Waals surface area contributed by atoms with Crippen molar-refractivity contribution in [2.45, 2.75) is 62.4 Å². The van der Waals surface area contributed by atoms with Crippen LogP contribution < -0.4 is 0 Å². The highest BCUT2D eigenvalue weighted by Crippen LogP contribution is 2.39. The Bertz CT molecular complexity index is 804. The predicted octanol–water partition coefficient (Wildman–Crippen LogP) is -1.42. The monoisotopic (exact) mass is 464 g/mol. The molecule has 0 radical (unpaired) electrons. The Kier molecular flexibility index (Phi) is 8.02. The number of ether oxygens (including phenoxy) is 2. The molecule has 1 saturated carbocycles. The van der Waals surface area contributed by atoms with E-state index in [2.05, 4.69) is 4.18 Å². The second-order valence-electron chi connectivity index (χ2n) is 7.95. The molecule has 2 aliphatic rings. The van der Waals surface area contributed by atoms with Crippen LogP contribution in [0.15, 0.2) is 30.3 Å². The Morgan fingerprint density at radius 1 is 1.03 bits per heavy atom. The Balaban J connectivity index is 1.77. The highest BCUT2D eigenvalue weighted by Gasteiger charge is 2.50. The molecule has 2 fully saturated rings. The maximum absolute atomic E-state index is 11.3. The Morgan fingerprint density at radius 2 is 1.71 bits per heavy atom. The summed E-state index contributed by atoms with van der Waals surface area (Å²) in [5, 5.41) is 50.4. The first-order valence-electron chi connectivity index (χ1n) is 9.90. The normalized spacial score (nSPS) is 39.0. The standard InChI is InChI=1S/C19H28O11S/c20-8-12-11(6-13(21)15(12)22)7-14-18(30-31(25,26)27)16(23)17(24)19(29-14)28-9-10-4-2-1-3-5-10/h1-5,11-24H,6-9H2,(H,25,26,27)/t11?,12-,13+,14+,15+,16+,17+,18-,19+/m0/s1. The van der Waals surface area contributed by atoms with Crippen molar-refractivity contribution in [2.75, 3.05) is 6.61 Å². The lowest BCUT2D eigenvalue weighted by molar-refractivity contribution is -0.298. The summed E-state index contributed by atoms with van der Waals surface area (Å²) in [5.41, 5.74) is 0.767. The van der Waals surface area contributed by atoms with Gasteiger partial charge in [0.1, 0.15) is 18.3 Å². The molecule has 1 aliphatic heterocycles. The molecule has 1 heterocycles. The summed E-state index contributed by atoms with van der Waals surface area (Å²) in [6.45, 7) is -0.398. The molecule has 0 bridgehead atoms. The predicted molar refractivity (Wildman–Crippen MR) is 104 cm³/mol. The fraction of sp³-hybridized carbons (Fsp3) is 0.684. The zero-order valence-electron chi connectivity index (χ0n) is 16.5. The van der Waals surface area contributed by atoms with Crippen LogP contribution in [0.25, 0.3) is 0 Å². The lowest BCUT2D eigenvalue weighted by Crippen LogP contribution is -2.59. The molecule has 9 atom stereocenters. The van der Waals surface area contributed by atoms with E-state index in [4.69, 9.17) is 14.0 Å². The van der Waals surface area contributed by atoms with E-state index in [-0.39, 0.29) is 19.4 Å². The van der Waals surface area contributed by atoms with E-state index in [1.165, 1.54) is 0 Å². The van der Waals surface area contributed by atoms with E-state index in [0.29, 0.717) is 0 Å². The summed E-state index contributed by atoms with van der Waals surface area (Å²) in [5.74, 6) is -1.22. The first kappa shape index (κ1) is 24.5. The topological polar surface area (TPSA) is 183 Å². The molecule has 31 heavy (non-hydrogen) atoms. The molecule has 0 aromatic heterocycles. The fourth-order valence-electron chi connectivity index (χ4n) is 4.26. The number of hydrogen-bond donors (Lipinski definition) is 6. The summed E-state index contributed by atoms with van der Waals surface area (Å²) in [6.07, 6.45) is -9.90. The smallest absolute Gasteiger partial charge is 0.396 e. The van der Waals surface area contributed by atoms with Crippen LogP contribution >= 0.6 is 0 Å². The summed E-state index contributed by atoms with van der Waals surface area (Å²) >= 11 is 0. The quantitative estimate of drug-likeness (QED) is 0.248.